The van der Waals surface area contributed by atoms with E-state index >= 15 is 0 Å². The number of methoxy groups -OCH3 is 2. The van der Waals surface area contributed by atoms with Crippen LogP contribution < -0.4 is 20.2 Å². The van der Waals surface area contributed by atoms with E-state index in [1.165, 1.54) is 12.3 Å². The van der Waals surface area contributed by atoms with Crippen LogP contribution in [0.3, 0.4) is 0 Å². The number of nitrogens with one attached hydrogen (secondary N) is 2. The fraction of sp³-hybridized carbons (Fsp3) is 0.190. The van der Waals surface area contributed by atoms with E-state index < -0.39 is 0 Å². The molecule has 0 saturated heterocycles. The number of aryl methyl sites for hydroxylation is 1. The Bertz CT molecular complexity index is 920. The number of carbonyl (C=O) groups excluding carboxylic acids is 2. The van der Waals surface area contributed by atoms with Crippen LogP contribution >= 0.6 is 0 Å². The van der Waals surface area contributed by atoms with E-state index in [4.69, 9.17) is 9.47 Å². The molecule has 0 bridgehead atoms. The minimum atomic E-state index is -0.358. The molecule has 0 aliphatic heterocycles. The molecule has 0 fully saturated rings. The Kier molecular flexibility index (Phi) is 7.33. The van der Waals surface area contributed by atoms with E-state index in [9.17, 15) is 9.59 Å². The van der Waals surface area contributed by atoms with Crippen molar-refractivity contribution in [3.63, 3.8) is 0 Å². The maximum atomic E-state index is 12.3. The van der Waals surface area contributed by atoms with Crippen molar-refractivity contribution in [1.82, 2.24) is 10.7 Å². The summed E-state index contributed by atoms with van der Waals surface area (Å²) in [7, 11) is 4.69. The number of carbonyl (C=O) groups is 2. The second kappa shape index (κ2) is 9.91. The maximum absolute atomic E-state index is 12.3. The van der Waals surface area contributed by atoms with Crippen LogP contribution in [0.1, 0.15) is 27.0 Å². The molecule has 28 heavy (non-hydrogen) atoms. The highest BCUT2D eigenvalue weighted by Crippen LogP contribution is 2.31. The summed E-state index contributed by atoms with van der Waals surface area (Å²) in [6.07, 6.45) is 4.56. The number of hydrogen-bond donors (Lipinski definition) is 2. The molecular weight excluding hydrogens is 358 g/mol. The summed E-state index contributed by atoms with van der Waals surface area (Å²) >= 11 is 0. The van der Waals surface area contributed by atoms with E-state index in [0.717, 1.165) is 16.7 Å². The molecule has 0 spiro atoms. The van der Waals surface area contributed by atoms with Crippen LogP contribution in [0.25, 0.3) is 6.08 Å². The largest absolute Gasteiger partial charge is 0.493 e. The van der Waals surface area contributed by atoms with Gasteiger partial charge in [0.15, 0.2) is 11.5 Å². The Balaban J connectivity index is 2.09. The second-order valence-electron chi connectivity index (χ2n) is 5.85. The maximum Gasteiger partial charge on any atom is 0.271 e. The number of amides is 2. The molecule has 2 aromatic carbocycles. The van der Waals surface area contributed by atoms with Gasteiger partial charge in [-0.2, -0.15) is 5.10 Å². The first-order valence-corrected chi connectivity index (χ1v) is 8.54. The molecular formula is C21H23N3O4. The van der Waals surface area contributed by atoms with E-state index in [1.807, 2.05) is 13.0 Å². The third kappa shape index (κ3) is 5.44. The van der Waals surface area contributed by atoms with Crippen molar-refractivity contribution >= 4 is 24.1 Å². The van der Waals surface area contributed by atoms with Gasteiger partial charge in [0, 0.05) is 18.7 Å². The van der Waals surface area contributed by atoms with Gasteiger partial charge in [-0.25, -0.2) is 5.43 Å². The average molecular weight is 381 g/mol. The van der Waals surface area contributed by atoms with E-state index in [1.54, 1.807) is 57.7 Å². The zero-order valence-corrected chi connectivity index (χ0v) is 16.3. The summed E-state index contributed by atoms with van der Waals surface area (Å²) in [6, 6.07) is 10.5. The van der Waals surface area contributed by atoms with Gasteiger partial charge in [0.2, 0.25) is 5.91 Å². The number of hydrogen-bond acceptors (Lipinski definition) is 5. The SMILES string of the molecule is CNC(=O)/C=C/c1cccc(C(=O)N/N=C/c2cc(C)c(OC)c(OC)c2)c1. The molecule has 2 aromatic rings. The number of ether oxygens (including phenoxy) is 2. The monoisotopic (exact) mass is 381 g/mol. The number of rotatable bonds is 7. The van der Waals surface area contributed by atoms with Gasteiger partial charge in [0.05, 0.1) is 20.4 Å². The topological polar surface area (TPSA) is 89.0 Å². The Morgan fingerprint density at radius 1 is 1.07 bits per heavy atom. The van der Waals surface area contributed by atoms with Crippen molar-refractivity contribution in [3.8, 4) is 11.5 Å². The fourth-order valence-electron chi connectivity index (χ4n) is 2.53. The van der Waals surface area contributed by atoms with Gasteiger partial charge in [-0.05, 0) is 54.0 Å². The van der Waals surface area contributed by atoms with Crippen LogP contribution in [-0.4, -0.2) is 39.3 Å². The van der Waals surface area contributed by atoms with Crippen molar-refractivity contribution in [2.75, 3.05) is 21.3 Å². The molecule has 0 saturated carbocycles. The first-order valence-electron chi connectivity index (χ1n) is 8.54. The number of hydrazone groups is 1. The molecule has 2 N–H and O–H groups in total. The Labute approximate surface area is 164 Å². The lowest BCUT2D eigenvalue weighted by Gasteiger charge is -2.11. The van der Waals surface area contributed by atoms with Crippen molar-refractivity contribution in [1.29, 1.82) is 0 Å². The van der Waals surface area contributed by atoms with Crippen LogP contribution in [0.4, 0.5) is 0 Å². The summed E-state index contributed by atoms with van der Waals surface area (Å²) < 4.78 is 10.6. The van der Waals surface area contributed by atoms with Crippen LogP contribution in [0.5, 0.6) is 11.5 Å². The van der Waals surface area contributed by atoms with Crippen LogP contribution in [0.15, 0.2) is 47.6 Å². The summed E-state index contributed by atoms with van der Waals surface area (Å²) in [5, 5.41) is 6.50. The molecule has 0 atom stereocenters. The molecule has 0 radical (unpaired) electrons. The van der Waals surface area contributed by atoms with Crippen LogP contribution in [-0.2, 0) is 4.79 Å². The molecule has 2 rings (SSSR count). The van der Waals surface area contributed by atoms with Gasteiger partial charge in [0.1, 0.15) is 0 Å². The molecule has 7 nitrogen and oxygen atoms in total. The Morgan fingerprint density at radius 3 is 2.54 bits per heavy atom. The van der Waals surface area contributed by atoms with Gasteiger partial charge >= 0.3 is 0 Å². The highest BCUT2D eigenvalue weighted by molar-refractivity contribution is 5.96. The summed E-state index contributed by atoms with van der Waals surface area (Å²) in [4.78, 5) is 23.6. The minimum absolute atomic E-state index is 0.218. The third-order valence-corrected chi connectivity index (χ3v) is 3.89. The van der Waals surface area contributed by atoms with Crippen molar-refractivity contribution in [2.45, 2.75) is 6.92 Å². The van der Waals surface area contributed by atoms with Gasteiger partial charge in [0.25, 0.3) is 5.91 Å². The Hall–Kier alpha value is -3.61. The third-order valence-electron chi connectivity index (χ3n) is 3.89. The summed E-state index contributed by atoms with van der Waals surface area (Å²) in [5.74, 6) is 0.671. The van der Waals surface area contributed by atoms with Crippen LogP contribution in [0, 0.1) is 6.92 Å². The van der Waals surface area contributed by atoms with E-state index in [2.05, 4.69) is 15.8 Å². The number of likely N-dealkylation sites (N-methyl/N-ethyl adjacent to an activating group) is 1. The molecule has 0 unspecified atom stereocenters. The van der Waals surface area contributed by atoms with Gasteiger partial charge in [-0.3, -0.25) is 9.59 Å². The second-order valence-corrected chi connectivity index (χ2v) is 5.85. The lowest BCUT2D eigenvalue weighted by Crippen LogP contribution is -2.17. The minimum Gasteiger partial charge on any atom is -0.493 e. The fourth-order valence-corrected chi connectivity index (χ4v) is 2.53. The molecule has 0 aromatic heterocycles. The molecule has 146 valence electrons. The van der Waals surface area contributed by atoms with Crippen LogP contribution in [0.2, 0.25) is 0 Å². The predicted octanol–water partition coefficient (Wildman–Crippen LogP) is 2.54. The van der Waals surface area contributed by atoms with Gasteiger partial charge in [-0.1, -0.05) is 12.1 Å². The smallest absolute Gasteiger partial charge is 0.271 e. The number of benzene rings is 2. The predicted molar refractivity (Wildman–Crippen MR) is 109 cm³/mol. The summed E-state index contributed by atoms with van der Waals surface area (Å²) in [6.45, 7) is 1.90. The molecule has 0 aliphatic rings. The van der Waals surface area contributed by atoms with Gasteiger partial charge in [-0.15, -0.1) is 0 Å². The molecule has 2 amide bonds. The zero-order chi connectivity index (χ0) is 20.5. The zero-order valence-electron chi connectivity index (χ0n) is 16.3. The van der Waals surface area contributed by atoms with E-state index in [-0.39, 0.29) is 11.8 Å². The first kappa shape index (κ1) is 20.7. The van der Waals surface area contributed by atoms with Gasteiger partial charge < -0.3 is 14.8 Å². The molecule has 0 heterocycles. The van der Waals surface area contributed by atoms with E-state index in [0.29, 0.717) is 17.1 Å². The standard InChI is InChI=1S/C21H23N3O4/c1-14-10-16(12-18(27-3)20(14)28-4)13-23-24-21(26)17-7-5-6-15(11-17)8-9-19(25)22-2/h5-13H,1-4H3,(H,22,25)(H,24,26)/b9-8+,23-13+. The van der Waals surface area contributed by atoms with Crippen molar-refractivity contribution in [2.24, 2.45) is 5.10 Å². The van der Waals surface area contributed by atoms with Crippen molar-refractivity contribution in [3.05, 3.63) is 64.7 Å². The highest BCUT2D eigenvalue weighted by Gasteiger charge is 2.09. The number of nitrogens with zero attached hydrogens (tertiary/aromatic N) is 1. The average Bonchev–Trinajstić information content (AvgIpc) is 2.71. The quantitative estimate of drug-likeness (QED) is 0.438. The lowest BCUT2D eigenvalue weighted by molar-refractivity contribution is -0.115. The molecule has 0 aliphatic carbocycles. The first-order chi connectivity index (χ1) is 13.5. The Morgan fingerprint density at radius 2 is 1.86 bits per heavy atom. The van der Waals surface area contributed by atoms with Crippen molar-refractivity contribution < 1.29 is 19.1 Å². The summed E-state index contributed by atoms with van der Waals surface area (Å²) in [5.41, 5.74) is 5.31. The molecule has 7 heteroatoms. The normalized spacial score (nSPS) is 10.9. The lowest BCUT2D eigenvalue weighted by atomic mass is 10.1. The highest BCUT2D eigenvalue weighted by atomic mass is 16.5.